The normalized spacial score (nSPS) is 17.5. The van der Waals surface area contributed by atoms with Crippen molar-refractivity contribution in [3.63, 3.8) is 0 Å². The van der Waals surface area contributed by atoms with Gasteiger partial charge in [0.25, 0.3) is 0 Å². The van der Waals surface area contributed by atoms with Gasteiger partial charge in [0.2, 0.25) is 21.7 Å². The van der Waals surface area contributed by atoms with Crippen LogP contribution in [-0.2, 0) is 16.4 Å². The van der Waals surface area contributed by atoms with Crippen LogP contribution in [0.1, 0.15) is 24.3 Å². The smallest absolute Gasteiger partial charge is 0.227 e. The summed E-state index contributed by atoms with van der Waals surface area (Å²) in [6, 6.07) is 17.2. The van der Waals surface area contributed by atoms with Crippen molar-refractivity contribution in [3.8, 4) is 17.1 Å². The first kappa shape index (κ1) is 21.5. The van der Waals surface area contributed by atoms with Crippen molar-refractivity contribution in [1.82, 2.24) is 14.4 Å². The molecular weight excluding hydrogens is 414 g/mol. The average molecular weight is 442 g/mol. The Morgan fingerprint density at radius 3 is 2.71 bits per heavy atom. The Hall–Kier alpha value is -2.71. The number of piperidine rings is 1. The minimum absolute atomic E-state index is 0.0351. The fourth-order valence-corrected chi connectivity index (χ4v) is 5.27. The molecule has 0 amide bonds. The second-order valence-corrected chi connectivity index (χ2v) is 9.96. The van der Waals surface area contributed by atoms with Crippen molar-refractivity contribution in [1.29, 1.82) is 0 Å². The summed E-state index contributed by atoms with van der Waals surface area (Å²) in [5, 5.41) is 4.12. The third-order valence-corrected chi connectivity index (χ3v) is 7.35. The van der Waals surface area contributed by atoms with E-state index in [-0.39, 0.29) is 18.3 Å². The first-order chi connectivity index (χ1) is 15.0. The number of ether oxygens (including phenoxy) is 1. The molecule has 0 saturated carbocycles. The summed E-state index contributed by atoms with van der Waals surface area (Å²) < 4.78 is 38.2. The summed E-state index contributed by atoms with van der Waals surface area (Å²) in [6.45, 7) is 3.16. The molecule has 1 aliphatic heterocycles. The lowest BCUT2D eigenvalue weighted by Gasteiger charge is -2.31. The molecule has 164 valence electrons. The number of nitrogens with zero attached hydrogens (tertiary/aromatic N) is 3. The fraction of sp³-hybridized carbons (Fsp3) is 0.391. The van der Waals surface area contributed by atoms with E-state index in [1.807, 2.05) is 61.5 Å². The Balaban J connectivity index is 1.33. The Kier molecular flexibility index (Phi) is 6.67. The van der Waals surface area contributed by atoms with Gasteiger partial charge >= 0.3 is 0 Å². The molecule has 3 aromatic rings. The van der Waals surface area contributed by atoms with Crippen molar-refractivity contribution in [2.24, 2.45) is 5.92 Å². The molecule has 4 rings (SSSR count). The van der Waals surface area contributed by atoms with Gasteiger partial charge in [-0.2, -0.15) is 4.98 Å². The molecule has 8 heteroatoms. The van der Waals surface area contributed by atoms with Gasteiger partial charge in [-0.3, -0.25) is 0 Å². The molecule has 0 spiro atoms. The second-order valence-electron chi connectivity index (χ2n) is 7.87. The van der Waals surface area contributed by atoms with Crippen molar-refractivity contribution in [3.05, 3.63) is 66.1 Å². The Labute approximate surface area is 183 Å². The highest BCUT2D eigenvalue weighted by atomic mass is 32.2. The molecule has 1 aromatic heterocycles. The van der Waals surface area contributed by atoms with Gasteiger partial charge < -0.3 is 9.26 Å². The van der Waals surface area contributed by atoms with Gasteiger partial charge in [-0.15, -0.1) is 0 Å². The molecule has 0 radical (unpaired) electrons. The quantitative estimate of drug-likeness (QED) is 0.530. The molecule has 7 nitrogen and oxygen atoms in total. The lowest BCUT2D eigenvalue weighted by Crippen LogP contribution is -2.42. The molecular formula is C23H27N3O4S. The van der Waals surface area contributed by atoms with Crippen LogP contribution in [0, 0.1) is 12.8 Å². The average Bonchev–Trinajstić information content (AvgIpc) is 3.23. The van der Waals surface area contributed by atoms with Gasteiger partial charge in [-0.25, -0.2) is 12.7 Å². The number of rotatable bonds is 8. The van der Waals surface area contributed by atoms with Crippen LogP contribution < -0.4 is 4.74 Å². The molecule has 2 heterocycles. The van der Waals surface area contributed by atoms with Gasteiger partial charge in [0.15, 0.2) is 0 Å². The molecule has 2 aromatic carbocycles. The van der Waals surface area contributed by atoms with Crippen LogP contribution in [-0.4, -0.2) is 48.3 Å². The van der Waals surface area contributed by atoms with E-state index in [1.54, 1.807) is 4.31 Å². The number of sulfonamides is 1. The predicted octanol–water partition coefficient (Wildman–Crippen LogP) is 3.71. The molecule has 1 unspecified atom stereocenters. The number of hydrogen-bond donors (Lipinski definition) is 0. The molecule has 1 atom stereocenters. The molecule has 1 aliphatic rings. The maximum absolute atomic E-state index is 12.8. The zero-order chi connectivity index (χ0) is 21.7. The number of benzene rings is 2. The lowest BCUT2D eigenvalue weighted by molar-refractivity contribution is 0.245. The number of aryl methyl sites for hydroxylation is 1. The first-order valence-corrected chi connectivity index (χ1v) is 12.2. The Bertz CT molecular complexity index is 1100. The minimum Gasteiger partial charge on any atom is -0.492 e. The number of para-hydroxylation sites is 1. The first-order valence-electron chi connectivity index (χ1n) is 10.6. The van der Waals surface area contributed by atoms with Crippen molar-refractivity contribution in [2.45, 2.75) is 26.2 Å². The zero-order valence-corrected chi connectivity index (χ0v) is 18.4. The standard InChI is InChI=1S/C23H27N3O4S/c1-18-8-5-6-12-21(18)23-24-22(30-25-23)16-19-9-7-13-26(17-19)31(27,28)15-14-29-20-10-3-2-4-11-20/h2-6,8,10-12,19H,7,9,13-17H2,1H3. The third kappa shape index (κ3) is 5.51. The van der Waals surface area contributed by atoms with E-state index in [0.29, 0.717) is 37.0 Å². The van der Waals surface area contributed by atoms with Crippen LogP contribution in [0.4, 0.5) is 0 Å². The molecule has 1 fully saturated rings. The van der Waals surface area contributed by atoms with Gasteiger partial charge in [0.05, 0.1) is 5.75 Å². The Morgan fingerprint density at radius 1 is 1.13 bits per heavy atom. The fourth-order valence-electron chi connectivity index (χ4n) is 3.87. The maximum Gasteiger partial charge on any atom is 0.227 e. The third-order valence-electron chi connectivity index (χ3n) is 5.55. The van der Waals surface area contributed by atoms with E-state index in [4.69, 9.17) is 9.26 Å². The highest BCUT2D eigenvalue weighted by molar-refractivity contribution is 7.89. The summed E-state index contributed by atoms with van der Waals surface area (Å²) in [5.41, 5.74) is 2.03. The van der Waals surface area contributed by atoms with Crippen molar-refractivity contribution < 1.29 is 17.7 Å². The SMILES string of the molecule is Cc1ccccc1-c1noc(CC2CCCN(S(=O)(=O)CCOc3ccccc3)C2)n1. The van der Waals surface area contributed by atoms with Crippen molar-refractivity contribution in [2.75, 3.05) is 25.4 Å². The highest BCUT2D eigenvalue weighted by Gasteiger charge is 2.30. The molecule has 31 heavy (non-hydrogen) atoms. The van der Waals surface area contributed by atoms with Gasteiger partial charge in [0.1, 0.15) is 12.4 Å². The van der Waals surface area contributed by atoms with E-state index >= 15 is 0 Å². The Morgan fingerprint density at radius 2 is 1.90 bits per heavy atom. The maximum atomic E-state index is 12.8. The summed E-state index contributed by atoms with van der Waals surface area (Å²) in [4.78, 5) is 4.54. The van der Waals surface area contributed by atoms with E-state index in [9.17, 15) is 8.42 Å². The molecule has 0 bridgehead atoms. The number of aromatic nitrogens is 2. The molecule has 0 N–H and O–H groups in total. The monoisotopic (exact) mass is 441 g/mol. The summed E-state index contributed by atoms with van der Waals surface area (Å²) in [5.74, 6) is 1.92. The second kappa shape index (κ2) is 9.62. The highest BCUT2D eigenvalue weighted by Crippen LogP contribution is 2.25. The zero-order valence-electron chi connectivity index (χ0n) is 17.6. The predicted molar refractivity (Wildman–Crippen MR) is 118 cm³/mol. The van der Waals surface area contributed by atoms with Crippen LogP contribution in [0.3, 0.4) is 0 Å². The van der Waals surface area contributed by atoms with E-state index in [0.717, 1.165) is 24.0 Å². The molecule has 1 saturated heterocycles. The van der Waals surface area contributed by atoms with Crippen LogP contribution in [0.25, 0.3) is 11.4 Å². The van der Waals surface area contributed by atoms with Crippen LogP contribution >= 0.6 is 0 Å². The number of hydrogen-bond acceptors (Lipinski definition) is 6. The van der Waals surface area contributed by atoms with Crippen LogP contribution in [0.5, 0.6) is 5.75 Å². The minimum atomic E-state index is -3.38. The largest absolute Gasteiger partial charge is 0.492 e. The summed E-state index contributed by atoms with van der Waals surface area (Å²) >= 11 is 0. The van der Waals surface area contributed by atoms with Crippen molar-refractivity contribution >= 4 is 10.0 Å². The summed E-state index contributed by atoms with van der Waals surface area (Å²) in [6.07, 6.45) is 2.34. The topological polar surface area (TPSA) is 85.5 Å². The van der Waals surface area contributed by atoms with E-state index in [1.165, 1.54) is 0 Å². The van der Waals surface area contributed by atoms with Crippen LogP contribution in [0.2, 0.25) is 0 Å². The molecule has 0 aliphatic carbocycles. The van der Waals surface area contributed by atoms with E-state index in [2.05, 4.69) is 10.1 Å². The van der Waals surface area contributed by atoms with Gasteiger partial charge in [0, 0.05) is 25.1 Å². The van der Waals surface area contributed by atoms with Gasteiger partial charge in [-0.05, 0) is 43.4 Å². The van der Waals surface area contributed by atoms with Gasteiger partial charge in [-0.1, -0.05) is 47.6 Å². The summed E-state index contributed by atoms with van der Waals surface area (Å²) in [7, 11) is -3.38. The lowest BCUT2D eigenvalue weighted by atomic mass is 9.96. The van der Waals surface area contributed by atoms with Crippen LogP contribution in [0.15, 0.2) is 59.1 Å². The van der Waals surface area contributed by atoms with E-state index < -0.39 is 10.0 Å².